The minimum atomic E-state index is 0. The third-order valence-electron chi connectivity index (χ3n) is 4.38. The maximum atomic E-state index is 11.8. The first-order chi connectivity index (χ1) is 12.5. The predicted octanol–water partition coefficient (Wildman–Crippen LogP) is 4.38. The Balaban J connectivity index is 0.00000364. The van der Waals surface area contributed by atoms with E-state index in [4.69, 9.17) is 4.99 Å². The molecule has 0 aromatic heterocycles. The minimum absolute atomic E-state index is 0. The summed E-state index contributed by atoms with van der Waals surface area (Å²) in [5.74, 6) is 2.16. The lowest BCUT2D eigenvalue weighted by molar-refractivity contribution is -0.116. The first kappa shape index (κ1) is 24.1. The van der Waals surface area contributed by atoms with E-state index < -0.39 is 0 Å². The van der Waals surface area contributed by atoms with E-state index in [2.05, 4.69) is 29.8 Å². The van der Waals surface area contributed by atoms with Crippen molar-refractivity contribution in [3.8, 4) is 0 Å². The summed E-state index contributed by atoms with van der Waals surface area (Å²) in [6, 6.07) is 7.91. The van der Waals surface area contributed by atoms with Crippen molar-refractivity contribution in [1.82, 2.24) is 10.6 Å². The molecule has 1 amide bonds. The highest BCUT2D eigenvalue weighted by atomic mass is 127. The molecule has 0 aliphatic carbocycles. The minimum Gasteiger partial charge on any atom is -0.357 e. The molecule has 1 aromatic carbocycles. The number of benzene rings is 1. The summed E-state index contributed by atoms with van der Waals surface area (Å²) in [5, 5.41) is 9.74. The van der Waals surface area contributed by atoms with Crippen molar-refractivity contribution in [3.05, 3.63) is 29.8 Å². The van der Waals surface area contributed by atoms with Gasteiger partial charge in [-0.3, -0.25) is 4.79 Å². The van der Waals surface area contributed by atoms with Crippen molar-refractivity contribution in [2.75, 3.05) is 24.2 Å². The van der Waals surface area contributed by atoms with Gasteiger partial charge in [0.1, 0.15) is 0 Å². The molecule has 1 atom stereocenters. The number of rotatable bonds is 8. The Morgan fingerprint density at radius 2 is 2.11 bits per heavy atom. The molecule has 0 radical (unpaired) electrons. The summed E-state index contributed by atoms with van der Waals surface area (Å²) in [6.45, 7) is 8.75. The second-order valence-corrected chi connectivity index (χ2v) is 8.63. The van der Waals surface area contributed by atoms with Crippen LogP contribution in [0.5, 0.6) is 0 Å². The highest BCUT2D eigenvalue weighted by molar-refractivity contribution is 14.0. The Labute approximate surface area is 185 Å². The maximum absolute atomic E-state index is 11.8. The lowest BCUT2D eigenvalue weighted by Gasteiger charge is -2.24. The molecule has 0 saturated carbocycles. The van der Waals surface area contributed by atoms with E-state index in [9.17, 15) is 4.79 Å². The molecule has 2 rings (SSSR count). The van der Waals surface area contributed by atoms with Gasteiger partial charge < -0.3 is 16.0 Å². The zero-order valence-electron chi connectivity index (χ0n) is 16.6. The van der Waals surface area contributed by atoms with Crippen LogP contribution in [0.15, 0.2) is 29.3 Å². The van der Waals surface area contributed by atoms with Gasteiger partial charge in [0, 0.05) is 29.9 Å². The summed E-state index contributed by atoms with van der Waals surface area (Å²) in [4.78, 5) is 16.5. The molecule has 1 unspecified atom stereocenters. The molecule has 0 bridgehead atoms. The molecule has 1 aliphatic heterocycles. The Bertz CT molecular complexity index is 618. The number of thioether (sulfide) groups is 1. The van der Waals surface area contributed by atoms with E-state index in [-0.39, 0.29) is 29.9 Å². The number of carbonyl (C=O) groups excluding carboxylic acids is 1. The summed E-state index contributed by atoms with van der Waals surface area (Å²) >= 11 is 2.05. The summed E-state index contributed by atoms with van der Waals surface area (Å²) in [5.41, 5.74) is 1.92. The molecule has 7 heteroatoms. The van der Waals surface area contributed by atoms with Crippen molar-refractivity contribution < 1.29 is 4.79 Å². The summed E-state index contributed by atoms with van der Waals surface area (Å²) in [6.07, 6.45) is 3.95. The maximum Gasteiger partial charge on any atom is 0.224 e. The molecule has 152 valence electrons. The second-order valence-electron chi connectivity index (χ2n) is 6.95. The third-order valence-corrected chi connectivity index (χ3v) is 5.92. The lowest BCUT2D eigenvalue weighted by atomic mass is 10.1. The number of amides is 1. The number of anilines is 1. The van der Waals surface area contributed by atoms with Gasteiger partial charge in [-0.1, -0.05) is 19.1 Å². The molecule has 1 aromatic rings. The number of nitrogens with zero attached hydrogens (tertiary/aromatic N) is 1. The fourth-order valence-corrected chi connectivity index (χ4v) is 4.20. The van der Waals surface area contributed by atoms with Gasteiger partial charge in [-0.25, -0.2) is 4.99 Å². The van der Waals surface area contributed by atoms with Gasteiger partial charge in [0.05, 0.1) is 6.54 Å². The molecular weight excluding hydrogens is 471 g/mol. The van der Waals surface area contributed by atoms with E-state index in [1.54, 1.807) is 0 Å². The average molecular weight is 504 g/mol. The van der Waals surface area contributed by atoms with Crippen LogP contribution in [0.3, 0.4) is 0 Å². The number of halogens is 1. The fraction of sp³-hybridized carbons (Fsp3) is 0.600. The predicted molar refractivity (Wildman–Crippen MR) is 128 cm³/mol. The van der Waals surface area contributed by atoms with Gasteiger partial charge in [-0.2, -0.15) is 11.8 Å². The zero-order chi connectivity index (χ0) is 18.8. The van der Waals surface area contributed by atoms with Crippen LogP contribution in [0.4, 0.5) is 5.69 Å². The topological polar surface area (TPSA) is 65.5 Å². The van der Waals surface area contributed by atoms with Crippen LogP contribution in [0, 0.1) is 0 Å². The van der Waals surface area contributed by atoms with Crippen LogP contribution in [0.1, 0.15) is 52.0 Å². The number of guanidine groups is 1. The van der Waals surface area contributed by atoms with Gasteiger partial charge in [-0.15, -0.1) is 24.0 Å². The molecule has 1 heterocycles. The van der Waals surface area contributed by atoms with Crippen molar-refractivity contribution in [2.24, 2.45) is 4.99 Å². The average Bonchev–Trinajstić information content (AvgIpc) is 3.05. The van der Waals surface area contributed by atoms with E-state index in [1.165, 1.54) is 18.6 Å². The number of hydrogen-bond donors (Lipinski definition) is 3. The van der Waals surface area contributed by atoms with Crippen molar-refractivity contribution in [2.45, 2.75) is 57.7 Å². The summed E-state index contributed by atoms with van der Waals surface area (Å²) < 4.78 is 0.305. The van der Waals surface area contributed by atoms with Crippen molar-refractivity contribution >= 4 is 53.3 Å². The van der Waals surface area contributed by atoms with Crippen LogP contribution in [0.25, 0.3) is 0 Å². The fourth-order valence-electron chi connectivity index (χ4n) is 2.96. The number of hydrogen-bond acceptors (Lipinski definition) is 3. The van der Waals surface area contributed by atoms with Crippen molar-refractivity contribution in [3.63, 3.8) is 0 Å². The number of carbonyl (C=O) groups is 1. The number of nitrogens with one attached hydrogen (secondary N) is 3. The Morgan fingerprint density at radius 1 is 1.30 bits per heavy atom. The SMILES string of the molecule is CCCC(=O)Nc1cccc(CN=C(NCC)NCC2(C)CCCS2)c1.I. The Morgan fingerprint density at radius 3 is 2.78 bits per heavy atom. The van der Waals surface area contributed by atoms with E-state index in [0.717, 1.165) is 36.7 Å². The second kappa shape index (κ2) is 12.5. The number of aliphatic imine (C=N–C) groups is 1. The highest BCUT2D eigenvalue weighted by Gasteiger charge is 2.29. The molecule has 1 fully saturated rings. The monoisotopic (exact) mass is 504 g/mol. The van der Waals surface area contributed by atoms with Crippen molar-refractivity contribution in [1.29, 1.82) is 0 Å². The summed E-state index contributed by atoms with van der Waals surface area (Å²) in [7, 11) is 0. The standard InChI is InChI=1S/C20H32N4OS.HI/c1-4-8-18(25)24-17-10-6-9-16(13-17)14-22-19(21-5-2)23-15-20(3)11-7-12-26-20;/h6,9-10,13H,4-5,7-8,11-12,14-15H2,1-3H3,(H,24,25)(H2,21,22,23);1H. The van der Waals surface area contributed by atoms with E-state index in [0.29, 0.717) is 17.7 Å². The van der Waals surface area contributed by atoms with Crippen LogP contribution < -0.4 is 16.0 Å². The quantitative estimate of drug-likeness (QED) is 0.279. The van der Waals surface area contributed by atoms with Crippen LogP contribution in [-0.4, -0.2) is 35.5 Å². The van der Waals surface area contributed by atoms with Gasteiger partial charge in [0.2, 0.25) is 5.91 Å². The van der Waals surface area contributed by atoms with Gasteiger partial charge in [0.25, 0.3) is 0 Å². The Hall–Kier alpha value is -0.960. The smallest absolute Gasteiger partial charge is 0.224 e. The van der Waals surface area contributed by atoms with Crippen LogP contribution >= 0.6 is 35.7 Å². The third kappa shape index (κ3) is 8.72. The molecule has 0 spiro atoms. The highest BCUT2D eigenvalue weighted by Crippen LogP contribution is 2.36. The molecular formula is C20H33IN4OS. The van der Waals surface area contributed by atoms with Gasteiger partial charge in [0.15, 0.2) is 5.96 Å². The molecule has 5 nitrogen and oxygen atoms in total. The zero-order valence-corrected chi connectivity index (χ0v) is 19.8. The van der Waals surface area contributed by atoms with Gasteiger partial charge in [-0.05, 0) is 56.6 Å². The molecule has 1 saturated heterocycles. The Kier molecular flexibility index (Phi) is 11.1. The molecule has 1 aliphatic rings. The van der Waals surface area contributed by atoms with Crippen LogP contribution in [0.2, 0.25) is 0 Å². The largest absolute Gasteiger partial charge is 0.357 e. The molecule has 27 heavy (non-hydrogen) atoms. The van der Waals surface area contributed by atoms with Crippen LogP contribution in [-0.2, 0) is 11.3 Å². The van der Waals surface area contributed by atoms with E-state index in [1.807, 2.05) is 43.0 Å². The first-order valence-corrected chi connectivity index (χ1v) is 10.6. The lowest BCUT2D eigenvalue weighted by Crippen LogP contribution is -2.43. The molecule has 3 N–H and O–H groups in total. The van der Waals surface area contributed by atoms with E-state index >= 15 is 0 Å². The first-order valence-electron chi connectivity index (χ1n) is 9.59. The normalized spacial score (nSPS) is 19.3. The van der Waals surface area contributed by atoms with Gasteiger partial charge >= 0.3 is 0 Å².